The molecule has 1 heterocycles. The van der Waals surface area contributed by atoms with Crippen molar-refractivity contribution in [3.8, 4) is 0 Å². The van der Waals surface area contributed by atoms with E-state index in [4.69, 9.17) is 10.8 Å². The Morgan fingerprint density at radius 2 is 2.00 bits per heavy atom. The van der Waals surface area contributed by atoms with Crippen molar-refractivity contribution in [2.75, 3.05) is 6.54 Å². The van der Waals surface area contributed by atoms with Gasteiger partial charge in [0.15, 0.2) is 6.04 Å². The third-order valence-electron chi connectivity index (χ3n) is 2.71. The standard InChI is InChI=1S/C12H17N3O3/c1-12(2,8-3-5-14-6-4-8)7-15-10(16)9(13)11(17)18/h3-6,9H,7,13H2,1-2H3,(H,15,16)(H,17,18). The Balaban J connectivity index is 2.63. The first-order valence-corrected chi connectivity index (χ1v) is 5.51. The summed E-state index contributed by atoms with van der Waals surface area (Å²) in [4.78, 5) is 25.9. The van der Waals surface area contributed by atoms with Gasteiger partial charge in [0, 0.05) is 24.4 Å². The maximum atomic E-state index is 11.4. The third kappa shape index (κ3) is 3.53. The fraction of sp³-hybridized carbons (Fsp3) is 0.417. The van der Waals surface area contributed by atoms with E-state index in [1.54, 1.807) is 12.4 Å². The molecule has 1 amide bonds. The number of rotatable bonds is 5. The van der Waals surface area contributed by atoms with E-state index in [0.29, 0.717) is 6.54 Å². The summed E-state index contributed by atoms with van der Waals surface area (Å²) >= 11 is 0. The van der Waals surface area contributed by atoms with Gasteiger partial charge in [0.1, 0.15) is 0 Å². The topological polar surface area (TPSA) is 105 Å². The van der Waals surface area contributed by atoms with E-state index < -0.39 is 17.9 Å². The van der Waals surface area contributed by atoms with Gasteiger partial charge >= 0.3 is 5.97 Å². The lowest BCUT2D eigenvalue weighted by molar-refractivity contribution is -0.142. The third-order valence-corrected chi connectivity index (χ3v) is 2.71. The molecule has 6 nitrogen and oxygen atoms in total. The number of pyridine rings is 1. The first-order valence-electron chi connectivity index (χ1n) is 5.51. The van der Waals surface area contributed by atoms with Gasteiger partial charge < -0.3 is 16.2 Å². The van der Waals surface area contributed by atoms with Gasteiger partial charge in [0.25, 0.3) is 0 Å². The van der Waals surface area contributed by atoms with Crippen molar-refractivity contribution in [1.29, 1.82) is 0 Å². The van der Waals surface area contributed by atoms with Gasteiger partial charge in [0.2, 0.25) is 5.91 Å². The molecule has 0 bridgehead atoms. The number of carboxylic acids is 1. The number of aromatic nitrogens is 1. The SMILES string of the molecule is CC(C)(CNC(=O)C(N)C(=O)O)c1ccncc1. The summed E-state index contributed by atoms with van der Waals surface area (Å²) < 4.78 is 0. The van der Waals surface area contributed by atoms with Crippen LogP contribution in [0, 0.1) is 0 Å². The summed E-state index contributed by atoms with van der Waals surface area (Å²) in [6, 6.07) is 2.17. The maximum Gasteiger partial charge on any atom is 0.330 e. The summed E-state index contributed by atoms with van der Waals surface area (Å²) in [6.07, 6.45) is 3.34. The summed E-state index contributed by atoms with van der Waals surface area (Å²) in [7, 11) is 0. The summed E-state index contributed by atoms with van der Waals surface area (Å²) in [5, 5.41) is 11.1. The van der Waals surface area contributed by atoms with Crippen LogP contribution in [0.2, 0.25) is 0 Å². The highest BCUT2D eigenvalue weighted by Crippen LogP contribution is 2.21. The molecule has 1 rings (SSSR count). The van der Waals surface area contributed by atoms with Crippen LogP contribution >= 0.6 is 0 Å². The molecule has 0 aromatic carbocycles. The first-order chi connectivity index (χ1) is 8.34. The Morgan fingerprint density at radius 1 is 1.44 bits per heavy atom. The summed E-state index contributed by atoms with van der Waals surface area (Å²) in [6.45, 7) is 4.18. The highest BCUT2D eigenvalue weighted by Gasteiger charge is 2.25. The van der Waals surface area contributed by atoms with Crippen LogP contribution in [-0.4, -0.2) is 34.6 Å². The van der Waals surface area contributed by atoms with Crippen molar-refractivity contribution in [2.24, 2.45) is 5.73 Å². The highest BCUT2D eigenvalue weighted by molar-refractivity contribution is 6.00. The van der Waals surface area contributed by atoms with Crippen molar-refractivity contribution in [2.45, 2.75) is 25.3 Å². The number of amides is 1. The van der Waals surface area contributed by atoms with E-state index in [-0.39, 0.29) is 5.41 Å². The van der Waals surface area contributed by atoms with E-state index in [1.165, 1.54) is 0 Å². The number of carbonyl (C=O) groups is 2. The Bertz CT molecular complexity index is 431. The van der Waals surface area contributed by atoms with E-state index in [1.807, 2.05) is 26.0 Å². The monoisotopic (exact) mass is 251 g/mol. The molecule has 1 atom stereocenters. The molecule has 0 radical (unpaired) electrons. The molecule has 0 fully saturated rings. The molecule has 1 aromatic rings. The second-order valence-electron chi connectivity index (χ2n) is 4.65. The largest absolute Gasteiger partial charge is 0.480 e. The fourth-order valence-corrected chi connectivity index (χ4v) is 1.44. The van der Waals surface area contributed by atoms with Crippen LogP contribution in [0.3, 0.4) is 0 Å². The van der Waals surface area contributed by atoms with Crippen LogP contribution < -0.4 is 11.1 Å². The number of nitrogens with zero attached hydrogens (tertiary/aromatic N) is 1. The normalized spacial score (nSPS) is 12.8. The van der Waals surface area contributed by atoms with Gasteiger partial charge in [-0.2, -0.15) is 0 Å². The van der Waals surface area contributed by atoms with Crippen LogP contribution in [0.4, 0.5) is 0 Å². The summed E-state index contributed by atoms with van der Waals surface area (Å²) in [5.74, 6) is -2.03. The van der Waals surface area contributed by atoms with Crippen molar-refractivity contribution in [3.63, 3.8) is 0 Å². The number of carbonyl (C=O) groups excluding carboxylic acids is 1. The van der Waals surface area contributed by atoms with Crippen LogP contribution in [0.5, 0.6) is 0 Å². The molecule has 0 spiro atoms. The van der Waals surface area contributed by atoms with Gasteiger partial charge in [0.05, 0.1) is 0 Å². The molecule has 1 unspecified atom stereocenters. The molecular formula is C12H17N3O3. The fourth-order valence-electron chi connectivity index (χ4n) is 1.44. The minimum absolute atomic E-state index is 0.302. The van der Waals surface area contributed by atoms with Gasteiger partial charge in [-0.05, 0) is 17.7 Å². The maximum absolute atomic E-state index is 11.4. The molecule has 1 aromatic heterocycles. The molecule has 0 aliphatic heterocycles. The molecule has 0 saturated heterocycles. The highest BCUT2D eigenvalue weighted by atomic mass is 16.4. The van der Waals surface area contributed by atoms with Crippen LogP contribution in [0.15, 0.2) is 24.5 Å². The molecule has 98 valence electrons. The smallest absolute Gasteiger partial charge is 0.330 e. The van der Waals surface area contributed by atoms with Crippen LogP contribution in [0.1, 0.15) is 19.4 Å². The first kappa shape index (κ1) is 14.1. The van der Waals surface area contributed by atoms with Crippen molar-refractivity contribution < 1.29 is 14.7 Å². The van der Waals surface area contributed by atoms with Crippen LogP contribution in [-0.2, 0) is 15.0 Å². The summed E-state index contributed by atoms with van der Waals surface area (Å²) in [5.41, 5.74) is 5.89. The zero-order valence-corrected chi connectivity index (χ0v) is 10.4. The lowest BCUT2D eigenvalue weighted by atomic mass is 9.85. The number of hydrogen-bond acceptors (Lipinski definition) is 4. The minimum Gasteiger partial charge on any atom is -0.480 e. The predicted molar refractivity (Wildman–Crippen MR) is 65.9 cm³/mol. The number of hydrogen-bond donors (Lipinski definition) is 3. The second-order valence-corrected chi connectivity index (χ2v) is 4.65. The Kier molecular flexibility index (Phi) is 4.38. The quantitative estimate of drug-likeness (QED) is 0.633. The van der Waals surface area contributed by atoms with Crippen molar-refractivity contribution in [3.05, 3.63) is 30.1 Å². The molecule has 0 aliphatic rings. The van der Waals surface area contributed by atoms with E-state index in [9.17, 15) is 9.59 Å². The molecular weight excluding hydrogens is 234 g/mol. The Labute approximate surface area is 105 Å². The number of aliphatic carboxylic acids is 1. The Hall–Kier alpha value is -1.95. The molecule has 0 aliphatic carbocycles. The number of nitrogens with one attached hydrogen (secondary N) is 1. The van der Waals surface area contributed by atoms with Crippen molar-refractivity contribution in [1.82, 2.24) is 10.3 Å². The van der Waals surface area contributed by atoms with E-state index in [2.05, 4.69) is 10.3 Å². The van der Waals surface area contributed by atoms with Gasteiger partial charge in [-0.3, -0.25) is 9.78 Å². The van der Waals surface area contributed by atoms with Crippen molar-refractivity contribution >= 4 is 11.9 Å². The number of carboxylic acid groups (broad SMARTS) is 1. The molecule has 6 heteroatoms. The van der Waals surface area contributed by atoms with Crippen LogP contribution in [0.25, 0.3) is 0 Å². The Morgan fingerprint density at radius 3 is 2.50 bits per heavy atom. The van der Waals surface area contributed by atoms with Gasteiger partial charge in [-0.25, -0.2) is 4.79 Å². The van der Waals surface area contributed by atoms with Gasteiger partial charge in [-0.1, -0.05) is 13.8 Å². The van der Waals surface area contributed by atoms with Gasteiger partial charge in [-0.15, -0.1) is 0 Å². The molecule has 4 N–H and O–H groups in total. The molecule has 0 saturated carbocycles. The second kappa shape index (κ2) is 5.59. The minimum atomic E-state index is -1.53. The zero-order valence-electron chi connectivity index (χ0n) is 10.4. The average molecular weight is 251 g/mol. The van der Waals surface area contributed by atoms with E-state index in [0.717, 1.165) is 5.56 Å². The average Bonchev–Trinajstić information content (AvgIpc) is 2.36. The number of nitrogens with two attached hydrogens (primary N) is 1. The lowest BCUT2D eigenvalue weighted by Crippen LogP contribution is -2.48. The zero-order chi connectivity index (χ0) is 13.8. The van der Waals surface area contributed by atoms with E-state index >= 15 is 0 Å². The predicted octanol–water partition coefficient (Wildman–Crippen LogP) is -0.113. The molecule has 18 heavy (non-hydrogen) atoms. The lowest BCUT2D eigenvalue weighted by Gasteiger charge is -2.25.